The molecule has 0 heterocycles. The van der Waals surface area contributed by atoms with Crippen molar-refractivity contribution in [2.75, 3.05) is 6.54 Å². The van der Waals surface area contributed by atoms with Gasteiger partial charge >= 0.3 is 5.97 Å². The summed E-state index contributed by atoms with van der Waals surface area (Å²) in [5.41, 5.74) is 1.34. The van der Waals surface area contributed by atoms with Gasteiger partial charge in [-0.05, 0) is 31.4 Å². The molecule has 0 radical (unpaired) electrons. The first-order chi connectivity index (χ1) is 11.9. The predicted molar refractivity (Wildman–Crippen MR) is 98.4 cm³/mol. The van der Waals surface area contributed by atoms with Crippen LogP contribution in [0.4, 0.5) is 0 Å². The summed E-state index contributed by atoms with van der Waals surface area (Å²) in [7, 11) is 0. The summed E-state index contributed by atoms with van der Waals surface area (Å²) in [6.07, 6.45) is 0.733. The molecule has 0 atom stereocenters. The fourth-order valence-corrected chi connectivity index (χ4v) is 2.68. The van der Waals surface area contributed by atoms with Crippen molar-refractivity contribution in [2.24, 2.45) is 5.41 Å². The molecule has 2 N–H and O–H groups in total. The van der Waals surface area contributed by atoms with Crippen molar-refractivity contribution >= 4 is 11.9 Å². The van der Waals surface area contributed by atoms with Crippen molar-refractivity contribution < 1.29 is 14.7 Å². The van der Waals surface area contributed by atoms with E-state index in [9.17, 15) is 9.59 Å². The molecule has 25 heavy (non-hydrogen) atoms. The van der Waals surface area contributed by atoms with Crippen LogP contribution in [0.25, 0.3) is 0 Å². The fraction of sp³-hybridized carbons (Fsp3) is 0.333. The second-order valence-electron chi connectivity index (χ2n) is 6.87. The highest BCUT2D eigenvalue weighted by Gasteiger charge is 2.27. The Balaban J connectivity index is 2.02. The first-order valence-electron chi connectivity index (χ1n) is 8.50. The predicted octanol–water partition coefficient (Wildman–Crippen LogP) is 3.83. The Labute approximate surface area is 148 Å². The Morgan fingerprint density at radius 2 is 1.44 bits per heavy atom. The van der Waals surface area contributed by atoms with E-state index < -0.39 is 11.4 Å². The Kier molecular flexibility index (Phi) is 6.34. The lowest BCUT2D eigenvalue weighted by Gasteiger charge is -2.20. The maximum atomic E-state index is 12.4. The summed E-state index contributed by atoms with van der Waals surface area (Å²) in [5, 5.41) is 12.0. The van der Waals surface area contributed by atoms with Gasteiger partial charge in [0, 0.05) is 18.9 Å². The monoisotopic (exact) mass is 339 g/mol. The Hall–Kier alpha value is -2.62. The van der Waals surface area contributed by atoms with Crippen LogP contribution in [0.3, 0.4) is 0 Å². The fourth-order valence-electron chi connectivity index (χ4n) is 2.68. The molecule has 4 heteroatoms. The zero-order valence-electron chi connectivity index (χ0n) is 14.7. The summed E-state index contributed by atoms with van der Waals surface area (Å²) < 4.78 is 0. The molecule has 0 unspecified atom stereocenters. The van der Waals surface area contributed by atoms with Crippen molar-refractivity contribution in [1.29, 1.82) is 0 Å². The van der Waals surface area contributed by atoms with Crippen LogP contribution < -0.4 is 5.32 Å². The molecule has 0 spiro atoms. The topological polar surface area (TPSA) is 66.4 Å². The highest BCUT2D eigenvalue weighted by molar-refractivity contribution is 5.78. The lowest BCUT2D eigenvalue weighted by atomic mass is 9.88. The molecule has 2 rings (SSSR count). The minimum atomic E-state index is -0.854. The molecule has 132 valence electrons. The number of rotatable bonds is 8. The second kappa shape index (κ2) is 8.47. The average molecular weight is 339 g/mol. The molecule has 0 fully saturated rings. The quantitative estimate of drug-likeness (QED) is 0.768. The zero-order valence-corrected chi connectivity index (χ0v) is 14.7. The van der Waals surface area contributed by atoms with E-state index in [2.05, 4.69) is 5.32 Å². The Morgan fingerprint density at radius 3 is 1.88 bits per heavy atom. The van der Waals surface area contributed by atoms with Gasteiger partial charge in [-0.2, -0.15) is 0 Å². The van der Waals surface area contributed by atoms with E-state index in [0.29, 0.717) is 19.4 Å². The summed E-state index contributed by atoms with van der Waals surface area (Å²) in [6, 6.07) is 19.9. The lowest BCUT2D eigenvalue weighted by molar-refractivity contribution is -0.147. The Bertz CT molecular complexity index is 656. The van der Waals surface area contributed by atoms with Crippen LogP contribution in [0.15, 0.2) is 60.7 Å². The van der Waals surface area contributed by atoms with Crippen LogP contribution in [-0.4, -0.2) is 23.5 Å². The highest BCUT2D eigenvalue weighted by atomic mass is 16.4. The van der Waals surface area contributed by atoms with Gasteiger partial charge in [-0.1, -0.05) is 60.7 Å². The summed E-state index contributed by atoms with van der Waals surface area (Å²) in [4.78, 5) is 23.5. The number of hydrogen-bond donors (Lipinski definition) is 2. The van der Waals surface area contributed by atoms with Crippen LogP contribution in [0.1, 0.15) is 43.7 Å². The number of carboxylic acid groups (broad SMARTS) is 1. The van der Waals surface area contributed by atoms with Gasteiger partial charge < -0.3 is 10.4 Å². The molecule has 0 aliphatic heterocycles. The van der Waals surface area contributed by atoms with Crippen LogP contribution in [-0.2, 0) is 9.59 Å². The third kappa shape index (κ3) is 5.45. The average Bonchev–Trinajstić information content (AvgIpc) is 2.61. The molecule has 2 aromatic rings. The largest absolute Gasteiger partial charge is 0.481 e. The molecule has 4 nitrogen and oxygen atoms in total. The number of benzene rings is 2. The molecular weight excluding hydrogens is 314 g/mol. The van der Waals surface area contributed by atoms with Crippen LogP contribution in [0.5, 0.6) is 0 Å². The third-order valence-corrected chi connectivity index (χ3v) is 4.44. The van der Waals surface area contributed by atoms with Crippen LogP contribution in [0.2, 0.25) is 0 Å². The zero-order chi connectivity index (χ0) is 18.3. The molecule has 1 amide bonds. The van der Waals surface area contributed by atoms with Gasteiger partial charge in [-0.25, -0.2) is 0 Å². The molecule has 0 saturated heterocycles. The molecule has 0 bridgehead atoms. The number of nitrogens with one attached hydrogen (secondary N) is 1. The first kappa shape index (κ1) is 18.7. The molecule has 0 aliphatic carbocycles. The number of aliphatic carboxylic acids is 1. The number of hydrogen-bond acceptors (Lipinski definition) is 2. The second-order valence-corrected chi connectivity index (χ2v) is 6.87. The van der Waals surface area contributed by atoms with E-state index in [1.807, 2.05) is 60.7 Å². The van der Waals surface area contributed by atoms with Crippen LogP contribution >= 0.6 is 0 Å². The first-order valence-corrected chi connectivity index (χ1v) is 8.50. The third-order valence-electron chi connectivity index (χ3n) is 4.44. The maximum absolute atomic E-state index is 12.4. The molecule has 0 aliphatic rings. The van der Waals surface area contributed by atoms with E-state index >= 15 is 0 Å². The summed E-state index contributed by atoms with van der Waals surface area (Å²) in [6.45, 7) is 3.69. The van der Waals surface area contributed by atoms with Crippen molar-refractivity contribution in [3.63, 3.8) is 0 Å². The van der Waals surface area contributed by atoms with Crippen molar-refractivity contribution in [3.8, 4) is 0 Å². The van der Waals surface area contributed by atoms with Gasteiger partial charge in [-0.3, -0.25) is 9.59 Å². The van der Waals surface area contributed by atoms with Gasteiger partial charge in [0.1, 0.15) is 0 Å². The normalized spacial score (nSPS) is 11.3. The molecule has 0 saturated carbocycles. The van der Waals surface area contributed by atoms with Gasteiger partial charge in [0.05, 0.1) is 5.41 Å². The van der Waals surface area contributed by atoms with Crippen LogP contribution in [0, 0.1) is 5.41 Å². The van der Waals surface area contributed by atoms with E-state index in [4.69, 9.17) is 5.11 Å². The number of amides is 1. The smallest absolute Gasteiger partial charge is 0.309 e. The maximum Gasteiger partial charge on any atom is 0.309 e. The van der Waals surface area contributed by atoms with Crippen molar-refractivity contribution in [3.05, 3.63) is 71.8 Å². The van der Waals surface area contributed by atoms with Gasteiger partial charge in [-0.15, -0.1) is 0 Å². The summed E-state index contributed by atoms with van der Waals surface area (Å²) in [5.74, 6) is -0.943. The molecule has 2 aromatic carbocycles. The minimum Gasteiger partial charge on any atom is -0.481 e. The van der Waals surface area contributed by atoms with Crippen molar-refractivity contribution in [1.82, 2.24) is 5.32 Å². The van der Waals surface area contributed by atoms with Gasteiger partial charge in [0.25, 0.3) is 0 Å². The Morgan fingerprint density at radius 1 is 0.960 bits per heavy atom. The number of carbonyl (C=O) groups is 2. The number of carboxylic acids is 1. The van der Waals surface area contributed by atoms with E-state index in [0.717, 1.165) is 11.1 Å². The van der Waals surface area contributed by atoms with E-state index in [1.165, 1.54) is 0 Å². The lowest BCUT2D eigenvalue weighted by Crippen LogP contribution is -2.32. The summed E-state index contributed by atoms with van der Waals surface area (Å²) >= 11 is 0. The SMILES string of the molecule is CC(C)(CCNC(=O)CC(c1ccccc1)c1ccccc1)C(=O)O. The van der Waals surface area contributed by atoms with E-state index in [-0.39, 0.29) is 11.8 Å². The highest BCUT2D eigenvalue weighted by Crippen LogP contribution is 2.27. The standard InChI is InChI=1S/C21H25NO3/c1-21(2,20(24)25)13-14-22-19(23)15-18(16-9-5-3-6-10-16)17-11-7-4-8-12-17/h3-12,18H,13-15H2,1-2H3,(H,22,23)(H,24,25). The molecule has 0 aromatic heterocycles. The van der Waals surface area contributed by atoms with Gasteiger partial charge in [0.2, 0.25) is 5.91 Å². The van der Waals surface area contributed by atoms with E-state index in [1.54, 1.807) is 13.8 Å². The molecular formula is C21H25NO3. The minimum absolute atomic E-state index is 0.0186. The number of carbonyl (C=O) groups excluding carboxylic acids is 1. The van der Waals surface area contributed by atoms with Gasteiger partial charge in [0.15, 0.2) is 0 Å². The van der Waals surface area contributed by atoms with Crippen molar-refractivity contribution in [2.45, 2.75) is 32.6 Å².